The molecule has 4 rings (SSSR count). The van der Waals surface area contributed by atoms with Gasteiger partial charge in [0.2, 0.25) is 0 Å². The smallest absolute Gasteiger partial charge is 0.0650 e. The van der Waals surface area contributed by atoms with Gasteiger partial charge in [0.25, 0.3) is 0 Å². The predicted molar refractivity (Wildman–Crippen MR) is 138 cm³/mol. The van der Waals surface area contributed by atoms with E-state index in [9.17, 15) is 0 Å². The Morgan fingerprint density at radius 1 is 0.688 bits per heavy atom. The summed E-state index contributed by atoms with van der Waals surface area (Å²) in [4.78, 5) is 4.89. The Hall–Kier alpha value is -4.17. The lowest BCUT2D eigenvalue weighted by atomic mass is 9.97. The van der Waals surface area contributed by atoms with Crippen LogP contribution in [-0.2, 0) is 6.54 Å². The molecule has 2 nitrogen and oxygen atoms in total. The summed E-state index contributed by atoms with van der Waals surface area (Å²) in [5.74, 6) is 0. The zero-order valence-corrected chi connectivity index (χ0v) is 17.9. The van der Waals surface area contributed by atoms with Gasteiger partial charge < -0.3 is 5.73 Å². The van der Waals surface area contributed by atoms with Gasteiger partial charge in [-0.25, -0.2) is 0 Å². The van der Waals surface area contributed by atoms with Crippen molar-refractivity contribution in [3.8, 4) is 11.1 Å². The van der Waals surface area contributed by atoms with Gasteiger partial charge in [-0.3, -0.25) is 4.99 Å². The Bertz CT molecular complexity index is 1270. The number of nitrogens with two attached hydrogens (primary N) is 1. The molecule has 2 N–H and O–H groups in total. The Kier molecular flexibility index (Phi) is 7.07. The third-order valence-corrected chi connectivity index (χ3v) is 5.25. The molecular weight excluding hydrogens is 388 g/mol. The van der Waals surface area contributed by atoms with Crippen molar-refractivity contribution >= 4 is 16.5 Å². The first-order valence-electron chi connectivity index (χ1n) is 10.7. The van der Waals surface area contributed by atoms with Gasteiger partial charge in [-0.15, -0.1) is 0 Å². The maximum Gasteiger partial charge on any atom is 0.0650 e. The highest BCUT2D eigenvalue weighted by Crippen LogP contribution is 2.28. The molecule has 32 heavy (non-hydrogen) atoms. The highest BCUT2D eigenvalue weighted by atomic mass is 14.7. The zero-order chi connectivity index (χ0) is 22.0. The largest absolute Gasteiger partial charge is 0.405 e. The molecule has 4 aromatic rings. The van der Waals surface area contributed by atoms with Gasteiger partial charge in [-0.05, 0) is 51.4 Å². The molecule has 0 amide bonds. The number of nitrogens with zero attached hydrogens (tertiary/aromatic N) is 1. The fourth-order valence-corrected chi connectivity index (χ4v) is 3.64. The third-order valence-electron chi connectivity index (χ3n) is 5.25. The number of rotatable bonds is 7. The van der Waals surface area contributed by atoms with Crippen molar-refractivity contribution in [3.05, 3.63) is 145 Å². The molecule has 0 spiro atoms. The van der Waals surface area contributed by atoms with E-state index in [2.05, 4.69) is 78.9 Å². The van der Waals surface area contributed by atoms with Crippen molar-refractivity contribution in [1.82, 2.24) is 0 Å². The predicted octanol–water partition coefficient (Wildman–Crippen LogP) is 7.08. The van der Waals surface area contributed by atoms with Crippen molar-refractivity contribution in [3.63, 3.8) is 0 Å². The molecule has 0 bridgehead atoms. The first-order valence-corrected chi connectivity index (χ1v) is 10.7. The molecule has 0 aliphatic carbocycles. The van der Waals surface area contributed by atoms with Crippen LogP contribution in [0.1, 0.15) is 11.1 Å². The first kappa shape index (κ1) is 21.1. The van der Waals surface area contributed by atoms with Crippen LogP contribution < -0.4 is 5.73 Å². The first-order chi connectivity index (χ1) is 15.8. The van der Waals surface area contributed by atoms with Crippen molar-refractivity contribution in [2.45, 2.75) is 6.54 Å². The van der Waals surface area contributed by atoms with Gasteiger partial charge in [0.15, 0.2) is 0 Å². The second-order valence-corrected chi connectivity index (χ2v) is 7.42. The molecule has 0 aromatic heterocycles. The molecule has 0 saturated carbocycles. The van der Waals surface area contributed by atoms with E-state index >= 15 is 0 Å². The average molecular weight is 415 g/mol. The summed E-state index contributed by atoms with van der Waals surface area (Å²) in [6.45, 7) is 0.637. The van der Waals surface area contributed by atoms with Crippen molar-refractivity contribution in [1.29, 1.82) is 0 Å². The highest BCUT2D eigenvalue weighted by Gasteiger charge is 2.05. The van der Waals surface area contributed by atoms with Gasteiger partial charge in [0, 0.05) is 0 Å². The van der Waals surface area contributed by atoms with E-state index in [4.69, 9.17) is 10.7 Å². The molecule has 0 radical (unpaired) electrons. The summed E-state index contributed by atoms with van der Waals surface area (Å²) in [6, 6.07) is 33.9. The molecule has 0 heterocycles. The maximum atomic E-state index is 5.39. The summed E-state index contributed by atoms with van der Waals surface area (Å²) in [5.41, 5.74) is 11.0. The fourth-order valence-electron chi connectivity index (χ4n) is 3.64. The van der Waals surface area contributed by atoms with Gasteiger partial charge >= 0.3 is 0 Å². The zero-order valence-electron chi connectivity index (χ0n) is 17.9. The van der Waals surface area contributed by atoms with Gasteiger partial charge in [0.1, 0.15) is 0 Å². The van der Waals surface area contributed by atoms with Crippen LogP contribution in [0.4, 0.5) is 0 Å². The number of hydrogen-bond donors (Lipinski definition) is 1. The molecule has 156 valence electrons. The molecule has 0 aliphatic heterocycles. The van der Waals surface area contributed by atoms with E-state index in [1.807, 2.05) is 42.5 Å². The summed E-state index contributed by atoms with van der Waals surface area (Å²) in [7, 11) is 0. The van der Waals surface area contributed by atoms with Crippen LogP contribution >= 0.6 is 0 Å². The molecule has 0 unspecified atom stereocenters. The van der Waals surface area contributed by atoms with Crippen LogP contribution in [0.2, 0.25) is 0 Å². The fraction of sp³-hybridized carbons (Fsp3) is 0.0333. The summed E-state index contributed by atoms with van der Waals surface area (Å²) >= 11 is 0. The molecule has 0 atom stereocenters. The summed E-state index contributed by atoms with van der Waals surface area (Å²) in [6.07, 6.45) is 11.2. The molecule has 0 aliphatic rings. The number of hydrogen-bond acceptors (Lipinski definition) is 2. The number of benzene rings is 4. The highest BCUT2D eigenvalue weighted by molar-refractivity contribution is 6.09. The van der Waals surface area contributed by atoms with E-state index in [1.165, 1.54) is 33.7 Å². The topological polar surface area (TPSA) is 38.4 Å². The van der Waals surface area contributed by atoms with E-state index in [1.54, 1.807) is 6.08 Å². The lowest BCUT2D eigenvalue weighted by molar-refractivity contribution is 1.07. The Morgan fingerprint density at radius 2 is 1.41 bits per heavy atom. The molecule has 2 heteroatoms. The van der Waals surface area contributed by atoms with Crippen LogP contribution in [-0.4, -0.2) is 5.71 Å². The molecular formula is C30H26N2. The van der Waals surface area contributed by atoms with E-state index in [-0.39, 0.29) is 0 Å². The summed E-state index contributed by atoms with van der Waals surface area (Å²) < 4.78 is 0. The number of fused-ring (bicyclic) bond motifs is 1. The third kappa shape index (κ3) is 5.30. The quantitative estimate of drug-likeness (QED) is 0.255. The van der Waals surface area contributed by atoms with Crippen molar-refractivity contribution < 1.29 is 0 Å². The minimum atomic E-state index is 0.637. The van der Waals surface area contributed by atoms with Crippen LogP contribution in [0.25, 0.3) is 21.9 Å². The van der Waals surface area contributed by atoms with E-state index in [0.717, 1.165) is 11.3 Å². The monoisotopic (exact) mass is 414 g/mol. The standard InChI is InChI=1S/C30H26N2/c31-22-9-2-1-6-17-30(32-23-24-11-4-3-5-12-24)27-20-18-26(19-21-27)29-16-10-14-25-13-7-8-15-28(25)29/h1-22H,23,31H2/b2-1+,17-6+,22-9-,32-30?. The number of aliphatic imine (C=N–C) groups is 1. The second kappa shape index (κ2) is 10.7. The van der Waals surface area contributed by atoms with Crippen LogP contribution in [0.15, 0.2) is 139 Å². The van der Waals surface area contributed by atoms with Crippen molar-refractivity contribution in [2.75, 3.05) is 0 Å². The normalized spacial score (nSPS) is 12.4. The van der Waals surface area contributed by atoms with Gasteiger partial charge in [-0.1, -0.05) is 115 Å². The Labute approximate surface area is 189 Å². The molecule has 0 fully saturated rings. The second-order valence-electron chi connectivity index (χ2n) is 7.42. The van der Waals surface area contributed by atoms with E-state index < -0.39 is 0 Å². The van der Waals surface area contributed by atoms with Crippen LogP contribution in [0, 0.1) is 0 Å². The molecule has 4 aromatic carbocycles. The Morgan fingerprint density at radius 3 is 2.22 bits per heavy atom. The maximum absolute atomic E-state index is 5.39. The van der Waals surface area contributed by atoms with Crippen LogP contribution in [0.5, 0.6) is 0 Å². The van der Waals surface area contributed by atoms with Crippen LogP contribution in [0.3, 0.4) is 0 Å². The van der Waals surface area contributed by atoms with E-state index in [0.29, 0.717) is 6.54 Å². The average Bonchev–Trinajstić information content (AvgIpc) is 2.86. The summed E-state index contributed by atoms with van der Waals surface area (Å²) in [5, 5.41) is 2.51. The lowest BCUT2D eigenvalue weighted by Gasteiger charge is -2.09. The minimum absolute atomic E-state index is 0.637. The Balaban J connectivity index is 1.64. The lowest BCUT2D eigenvalue weighted by Crippen LogP contribution is -1.98. The molecule has 0 saturated heterocycles. The van der Waals surface area contributed by atoms with Crippen molar-refractivity contribution in [2.24, 2.45) is 10.7 Å². The van der Waals surface area contributed by atoms with Gasteiger partial charge in [0.05, 0.1) is 12.3 Å². The number of allylic oxidation sites excluding steroid dienone is 5. The van der Waals surface area contributed by atoms with Gasteiger partial charge in [-0.2, -0.15) is 0 Å². The minimum Gasteiger partial charge on any atom is -0.405 e. The SMILES string of the molecule is N\C=C/C=C/C=C/C(=NCc1ccccc1)c1ccc(-c2cccc3ccccc23)cc1.